The van der Waals surface area contributed by atoms with E-state index in [0.717, 1.165) is 0 Å². The van der Waals surface area contributed by atoms with E-state index in [1.165, 1.54) is 5.56 Å². The Bertz CT molecular complexity index is 288. The molecule has 0 heterocycles. The van der Waals surface area contributed by atoms with Gasteiger partial charge in [-0.2, -0.15) is 0 Å². The molecule has 2 heteroatoms. The first-order chi connectivity index (χ1) is 8.15. The van der Waals surface area contributed by atoms with Gasteiger partial charge in [0.2, 0.25) is 0 Å². The average Bonchev–Trinajstić information content (AvgIpc) is 2.42. The lowest BCUT2D eigenvalue weighted by atomic mass is 10.0. The van der Waals surface area contributed by atoms with Gasteiger partial charge in [0, 0.05) is 12.6 Å². The van der Waals surface area contributed by atoms with Gasteiger partial charge in [0.05, 0.1) is 0 Å². The number of hydrogen-bond acceptors (Lipinski definition) is 1. The van der Waals surface area contributed by atoms with E-state index in [1.54, 1.807) is 7.05 Å². The van der Waals surface area contributed by atoms with Gasteiger partial charge in [0.15, 0.2) is 0 Å². The number of rotatable bonds is 2. The molecule has 0 aliphatic rings. The van der Waals surface area contributed by atoms with Crippen molar-refractivity contribution < 1.29 is 4.79 Å². The first-order valence-electron chi connectivity index (χ1n) is 6.47. The third kappa shape index (κ3) is 6.77. The molecule has 98 valence electrons. The number of nitrogens with one attached hydrogen (secondary N) is 1. The Morgan fingerprint density at radius 2 is 1.41 bits per heavy atom. The van der Waals surface area contributed by atoms with Crippen LogP contribution in [0, 0.1) is 0 Å². The lowest BCUT2D eigenvalue weighted by molar-refractivity contribution is 0.0963. The summed E-state index contributed by atoms with van der Waals surface area (Å²) in [5.74, 6) is 0.481. The molecule has 1 aromatic rings. The number of benzene rings is 1. The second kappa shape index (κ2) is 11.2. The molecule has 1 N–H and O–H groups in total. The van der Waals surface area contributed by atoms with Crippen molar-refractivity contribution in [3.63, 3.8) is 0 Å². The second-order valence-electron chi connectivity index (χ2n) is 3.36. The first kappa shape index (κ1) is 18.1. The highest BCUT2D eigenvalue weighted by molar-refractivity contribution is 5.93. The van der Waals surface area contributed by atoms with Gasteiger partial charge in [-0.25, -0.2) is 0 Å². The van der Waals surface area contributed by atoms with E-state index in [9.17, 15) is 4.79 Å². The SMILES string of the molecule is CC.CC.CNC(=O)c1ccc(C(C)C)cc1. The minimum atomic E-state index is -0.0321. The quantitative estimate of drug-likeness (QED) is 0.819. The molecule has 17 heavy (non-hydrogen) atoms. The summed E-state index contributed by atoms with van der Waals surface area (Å²) < 4.78 is 0. The molecule has 1 rings (SSSR count). The maximum Gasteiger partial charge on any atom is 0.251 e. The molecule has 0 bridgehead atoms. The number of hydrogen-bond donors (Lipinski definition) is 1. The molecular formula is C15H27NO. The summed E-state index contributed by atoms with van der Waals surface area (Å²) in [4.78, 5) is 11.2. The Morgan fingerprint density at radius 3 is 1.71 bits per heavy atom. The zero-order chi connectivity index (χ0) is 13.8. The van der Waals surface area contributed by atoms with E-state index in [2.05, 4.69) is 19.2 Å². The minimum absolute atomic E-state index is 0.0321. The molecule has 0 aliphatic carbocycles. The molecule has 0 saturated heterocycles. The van der Waals surface area contributed by atoms with Crippen LogP contribution in [0.2, 0.25) is 0 Å². The molecule has 1 amide bonds. The van der Waals surface area contributed by atoms with Crippen LogP contribution < -0.4 is 5.32 Å². The Balaban J connectivity index is 0. The highest BCUT2D eigenvalue weighted by Crippen LogP contribution is 2.14. The Morgan fingerprint density at radius 1 is 1.00 bits per heavy atom. The van der Waals surface area contributed by atoms with Gasteiger partial charge in [-0.05, 0) is 23.6 Å². The summed E-state index contributed by atoms with van der Waals surface area (Å²) in [7, 11) is 1.64. The molecule has 0 aromatic heterocycles. The number of carbonyl (C=O) groups excluding carboxylic acids is 1. The van der Waals surface area contributed by atoms with Crippen molar-refractivity contribution in [2.75, 3.05) is 7.05 Å². The minimum Gasteiger partial charge on any atom is -0.355 e. The fourth-order valence-electron chi connectivity index (χ4n) is 1.16. The van der Waals surface area contributed by atoms with Crippen LogP contribution in [-0.2, 0) is 0 Å². The van der Waals surface area contributed by atoms with Crippen molar-refractivity contribution in [2.24, 2.45) is 0 Å². The predicted molar refractivity (Wildman–Crippen MR) is 76.6 cm³/mol. The van der Waals surface area contributed by atoms with Crippen LogP contribution in [0.25, 0.3) is 0 Å². The maximum atomic E-state index is 11.2. The smallest absolute Gasteiger partial charge is 0.251 e. The van der Waals surface area contributed by atoms with E-state index < -0.39 is 0 Å². The highest BCUT2D eigenvalue weighted by atomic mass is 16.1. The third-order valence-electron chi connectivity index (χ3n) is 2.07. The second-order valence-corrected chi connectivity index (χ2v) is 3.36. The zero-order valence-corrected chi connectivity index (χ0v) is 12.3. The van der Waals surface area contributed by atoms with Gasteiger partial charge in [-0.1, -0.05) is 53.7 Å². The van der Waals surface area contributed by atoms with E-state index in [0.29, 0.717) is 11.5 Å². The molecule has 0 radical (unpaired) electrons. The molecule has 0 atom stereocenters. The van der Waals surface area contributed by atoms with Gasteiger partial charge in [0.1, 0.15) is 0 Å². The molecule has 1 aromatic carbocycles. The Kier molecular flexibility index (Phi) is 11.9. The summed E-state index contributed by atoms with van der Waals surface area (Å²) >= 11 is 0. The molecule has 0 spiro atoms. The molecule has 2 nitrogen and oxygen atoms in total. The molecule has 0 fully saturated rings. The van der Waals surface area contributed by atoms with Crippen molar-refractivity contribution in [1.82, 2.24) is 5.32 Å². The largest absolute Gasteiger partial charge is 0.355 e. The van der Waals surface area contributed by atoms with Gasteiger partial charge < -0.3 is 5.32 Å². The van der Waals surface area contributed by atoms with Crippen LogP contribution in [0.15, 0.2) is 24.3 Å². The predicted octanol–water partition coefficient (Wildman–Crippen LogP) is 4.22. The van der Waals surface area contributed by atoms with Crippen molar-refractivity contribution in [2.45, 2.75) is 47.5 Å². The summed E-state index contributed by atoms with van der Waals surface area (Å²) in [6.45, 7) is 12.3. The van der Waals surface area contributed by atoms with E-state index in [4.69, 9.17) is 0 Å². The molecule has 0 unspecified atom stereocenters. The fourth-order valence-corrected chi connectivity index (χ4v) is 1.16. The van der Waals surface area contributed by atoms with E-state index in [1.807, 2.05) is 52.0 Å². The van der Waals surface area contributed by atoms with E-state index >= 15 is 0 Å². The van der Waals surface area contributed by atoms with Crippen LogP contribution in [0.3, 0.4) is 0 Å². The van der Waals surface area contributed by atoms with Gasteiger partial charge >= 0.3 is 0 Å². The van der Waals surface area contributed by atoms with Gasteiger partial charge in [0.25, 0.3) is 5.91 Å². The molecular weight excluding hydrogens is 210 g/mol. The van der Waals surface area contributed by atoms with Crippen LogP contribution in [0.4, 0.5) is 0 Å². The normalized spacial score (nSPS) is 8.47. The summed E-state index contributed by atoms with van der Waals surface area (Å²) in [6, 6.07) is 7.70. The van der Waals surface area contributed by atoms with Gasteiger partial charge in [-0.15, -0.1) is 0 Å². The third-order valence-corrected chi connectivity index (χ3v) is 2.07. The summed E-state index contributed by atoms with van der Waals surface area (Å²) in [5.41, 5.74) is 1.97. The average molecular weight is 237 g/mol. The summed E-state index contributed by atoms with van der Waals surface area (Å²) in [5, 5.41) is 2.59. The van der Waals surface area contributed by atoms with Crippen molar-refractivity contribution in [3.8, 4) is 0 Å². The Hall–Kier alpha value is -1.31. The van der Waals surface area contributed by atoms with Crippen molar-refractivity contribution in [1.29, 1.82) is 0 Å². The van der Waals surface area contributed by atoms with E-state index in [-0.39, 0.29) is 5.91 Å². The molecule has 0 aliphatic heterocycles. The van der Waals surface area contributed by atoms with Crippen LogP contribution in [0.5, 0.6) is 0 Å². The molecule has 0 saturated carbocycles. The maximum absolute atomic E-state index is 11.2. The Labute approximate surface area is 106 Å². The van der Waals surface area contributed by atoms with Gasteiger partial charge in [-0.3, -0.25) is 4.79 Å². The fraction of sp³-hybridized carbons (Fsp3) is 0.533. The van der Waals surface area contributed by atoms with Crippen LogP contribution in [0.1, 0.15) is 63.4 Å². The number of amides is 1. The van der Waals surface area contributed by atoms with Crippen LogP contribution in [-0.4, -0.2) is 13.0 Å². The highest BCUT2D eigenvalue weighted by Gasteiger charge is 2.03. The lowest BCUT2D eigenvalue weighted by Gasteiger charge is -2.05. The standard InChI is InChI=1S/C11H15NO.2C2H6/c1-8(2)9-4-6-10(7-5-9)11(13)12-3;2*1-2/h4-8H,1-3H3,(H,12,13);2*1-2H3. The summed E-state index contributed by atoms with van der Waals surface area (Å²) in [6.07, 6.45) is 0. The topological polar surface area (TPSA) is 29.1 Å². The van der Waals surface area contributed by atoms with Crippen molar-refractivity contribution >= 4 is 5.91 Å². The first-order valence-corrected chi connectivity index (χ1v) is 6.47. The number of carbonyl (C=O) groups is 1. The lowest BCUT2D eigenvalue weighted by Crippen LogP contribution is -2.17. The van der Waals surface area contributed by atoms with Crippen LogP contribution >= 0.6 is 0 Å². The zero-order valence-electron chi connectivity index (χ0n) is 12.3. The van der Waals surface area contributed by atoms with Crippen molar-refractivity contribution in [3.05, 3.63) is 35.4 Å². The monoisotopic (exact) mass is 237 g/mol.